The van der Waals surface area contributed by atoms with Crippen molar-refractivity contribution in [3.05, 3.63) is 0 Å². The SMILES string of the molecule is CCC(C)(CC)C([NH])=O. The summed E-state index contributed by atoms with van der Waals surface area (Å²) in [6.07, 6.45) is 1.54. The second-order valence-corrected chi connectivity index (χ2v) is 2.60. The quantitative estimate of drug-likeness (QED) is 0.569. The number of rotatable bonds is 3. The lowest BCUT2D eigenvalue weighted by molar-refractivity contribution is -0.127. The van der Waals surface area contributed by atoms with Gasteiger partial charge in [0.05, 0.1) is 0 Å². The third kappa shape index (κ3) is 1.70. The zero-order chi connectivity index (χ0) is 7.49. The average molecular weight is 128 g/mol. The zero-order valence-electron chi connectivity index (χ0n) is 6.32. The maximum Gasteiger partial charge on any atom is 0.244 e. The number of amides is 1. The first-order valence-electron chi connectivity index (χ1n) is 3.33. The molecule has 0 aliphatic carbocycles. The van der Waals surface area contributed by atoms with Gasteiger partial charge in [-0.15, -0.1) is 0 Å². The number of carbonyl (C=O) groups excluding carboxylic acids is 1. The molecule has 0 aliphatic heterocycles. The van der Waals surface area contributed by atoms with Crippen molar-refractivity contribution in [2.24, 2.45) is 5.41 Å². The Morgan fingerprint density at radius 1 is 1.44 bits per heavy atom. The third-order valence-corrected chi connectivity index (χ3v) is 2.11. The molecule has 2 nitrogen and oxygen atoms in total. The molecule has 9 heavy (non-hydrogen) atoms. The first-order valence-corrected chi connectivity index (χ1v) is 3.33. The van der Waals surface area contributed by atoms with E-state index in [1.807, 2.05) is 20.8 Å². The second kappa shape index (κ2) is 2.85. The molecule has 0 fully saturated rings. The Kier molecular flexibility index (Phi) is 2.68. The topological polar surface area (TPSA) is 40.9 Å². The molecule has 0 rings (SSSR count). The first kappa shape index (κ1) is 8.47. The van der Waals surface area contributed by atoms with E-state index in [0.717, 1.165) is 12.8 Å². The van der Waals surface area contributed by atoms with Crippen LogP contribution in [0.1, 0.15) is 33.6 Å². The van der Waals surface area contributed by atoms with Crippen LogP contribution in [0.5, 0.6) is 0 Å². The van der Waals surface area contributed by atoms with Crippen LogP contribution in [0.25, 0.3) is 0 Å². The maximum absolute atomic E-state index is 10.6. The molecule has 2 heteroatoms. The van der Waals surface area contributed by atoms with Gasteiger partial charge in [0, 0.05) is 5.41 Å². The molecule has 1 N–H and O–H groups in total. The van der Waals surface area contributed by atoms with Gasteiger partial charge in [-0.25, -0.2) is 0 Å². The number of hydrogen-bond donors (Lipinski definition) is 0. The van der Waals surface area contributed by atoms with Gasteiger partial charge in [-0.2, -0.15) is 0 Å². The van der Waals surface area contributed by atoms with Crippen molar-refractivity contribution >= 4 is 5.91 Å². The van der Waals surface area contributed by atoms with Gasteiger partial charge in [-0.3, -0.25) is 10.5 Å². The van der Waals surface area contributed by atoms with Gasteiger partial charge in [0.2, 0.25) is 5.91 Å². The summed E-state index contributed by atoms with van der Waals surface area (Å²) in [6.45, 7) is 5.72. The minimum absolute atomic E-state index is 0.389. The summed E-state index contributed by atoms with van der Waals surface area (Å²) in [7, 11) is 0. The standard InChI is InChI=1S/C7H14NO/c1-4-7(3,5-2)6(8)9/h8H,4-5H2,1-3H3. The second-order valence-electron chi connectivity index (χ2n) is 2.60. The molecule has 0 unspecified atom stereocenters. The Morgan fingerprint density at radius 2 is 1.78 bits per heavy atom. The van der Waals surface area contributed by atoms with Crippen LogP contribution >= 0.6 is 0 Å². The molecule has 0 aliphatic rings. The highest BCUT2D eigenvalue weighted by molar-refractivity contribution is 5.79. The van der Waals surface area contributed by atoms with Crippen LogP contribution in [0.15, 0.2) is 0 Å². The van der Waals surface area contributed by atoms with Crippen LogP contribution in [-0.4, -0.2) is 5.91 Å². The Hall–Kier alpha value is -0.530. The van der Waals surface area contributed by atoms with Crippen LogP contribution < -0.4 is 5.73 Å². The molecule has 0 saturated heterocycles. The summed E-state index contributed by atoms with van der Waals surface area (Å²) in [5.74, 6) is -0.437. The number of hydrogen-bond acceptors (Lipinski definition) is 1. The molecule has 0 atom stereocenters. The minimum Gasteiger partial charge on any atom is -0.273 e. The molecule has 0 aromatic rings. The van der Waals surface area contributed by atoms with E-state index in [4.69, 9.17) is 5.73 Å². The van der Waals surface area contributed by atoms with E-state index in [0.29, 0.717) is 0 Å². The van der Waals surface area contributed by atoms with Crippen molar-refractivity contribution in [2.45, 2.75) is 33.6 Å². The van der Waals surface area contributed by atoms with Crippen molar-refractivity contribution in [3.63, 3.8) is 0 Å². The Bertz CT molecular complexity index is 105. The van der Waals surface area contributed by atoms with Gasteiger partial charge in [0.25, 0.3) is 0 Å². The van der Waals surface area contributed by atoms with E-state index in [1.165, 1.54) is 0 Å². The van der Waals surface area contributed by atoms with Crippen LogP contribution in [-0.2, 0) is 4.79 Å². The summed E-state index contributed by atoms with van der Waals surface area (Å²) < 4.78 is 0. The molecule has 0 bridgehead atoms. The van der Waals surface area contributed by atoms with E-state index < -0.39 is 5.91 Å². The summed E-state index contributed by atoms with van der Waals surface area (Å²) in [5, 5.41) is 0. The molecule has 1 amide bonds. The summed E-state index contributed by atoms with van der Waals surface area (Å²) >= 11 is 0. The Balaban J connectivity index is 4.09. The predicted molar refractivity (Wildman–Crippen MR) is 36.8 cm³/mol. The first-order chi connectivity index (χ1) is 4.06. The molecule has 53 valence electrons. The van der Waals surface area contributed by atoms with Gasteiger partial charge in [0.1, 0.15) is 0 Å². The van der Waals surface area contributed by atoms with Crippen LogP contribution in [0.2, 0.25) is 0 Å². The van der Waals surface area contributed by atoms with Crippen LogP contribution in [0.4, 0.5) is 0 Å². The lowest BCUT2D eigenvalue weighted by Crippen LogP contribution is -2.26. The highest BCUT2D eigenvalue weighted by atomic mass is 16.1. The van der Waals surface area contributed by atoms with Crippen molar-refractivity contribution in [1.82, 2.24) is 5.73 Å². The van der Waals surface area contributed by atoms with Gasteiger partial charge >= 0.3 is 0 Å². The van der Waals surface area contributed by atoms with E-state index in [9.17, 15) is 4.79 Å². The molecular weight excluding hydrogens is 114 g/mol. The van der Waals surface area contributed by atoms with Gasteiger partial charge in [0.15, 0.2) is 0 Å². The normalized spacial score (nSPS) is 11.4. The molecule has 0 heterocycles. The zero-order valence-corrected chi connectivity index (χ0v) is 6.32. The van der Waals surface area contributed by atoms with E-state index in [1.54, 1.807) is 0 Å². The maximum atomic E-state index is 10.6. The predicted octanol–water partition coefficient (Wildman–Crippen LogP) is 1.62. The van der Waals surface area contributed by atoms with E-state index in [-0.39, 0.29) is 5.41 Å². The Morgan fingerprint density at radius 3 is 1.78 bits per heavy atom. The lowest BCUT2D eigenvalue weighted by atomic mass is 9.84. The summed E-state index contributed by atoms with van der Waals surface area (Å²) in [5.41, 5.74) is 6.50. The van der Waals surface area contributed by atoms with Gasteiger partial charge < -0.3 is 0 Å². The Labute approximate surface area is 56.4 Å². The van der Waals surface area contributed by atoms with Gasteiger partial charge in [-0.05, 0) is 12.8 Å². The largest absolute Gasteiger partial charge is 0.273 e. The van der Waals surface area contributed by atoms with Crippen molar-refractivity contribution in [2.75, 3.05) is 0 Å². The van der Waals surface area contributed by atoms with Crippen molar-refractivity contribution in [3.8, 4) is 0 Å². The van der Waals surface area contributed by atoms with Crippen molar-refractivity contribution in [1.29, 1.82) is 0 Å². The summed E-state index contributed by atoms with van der Waals surface area (Å²) in [6, 6.07) is 0. The van der Waals surface area contributed by atoms with Crippen LogP contribution in [0, 0.1) is 5.41 Å². The molecule has 0 aromatic carbocycles. The monoisotopic (exact) mass is 128 g/mol. The molecule has 0 spiro atoms. The number of nitrogens with one attached hydrogen (secondary N) is 1. The summed E-state index contributed by atoms with van der Waals surface area (Å²) in [4.78, 5) is 10.6. The van der Waals surface area contributed by atoms with Crippen molar-refractivity contribution < 1.29 is 4.79 Å². The third-order valence-electron chi connectivity index (χ3n) is 2.11. The van der Waals surface area contributed by atoms with E-state index in [2.05, 4.69) is 0 Å². The van der Waals surface area contributed by atoms with Crippen LogP contribution in [0.3, 0.4) is 0 Å². The number of carbonyl (C=O) groups is 1. The molecular formula is C7H14NO. The fraction of sp³-hybridized carbons (Fsp3) is 0.857. The highest BCUT2D eigenvalue weighted by Crippen LogP contribution is 2.24. The lowest BCUT2D eigenvalue weighted by Gasteiger charge is -2.20. The smallest absolute Gasteiger partial charge is 0.244 e. The molecule has 0 aromatic heterocycles. The highest BCUT2D eigenvalue weighted by Gasteiger charge is 2.26. The fourth-order valence-corrected chi connectivity index (χ4v) is 0.571. The fourth-order valence-electron chi connectivity index (χ4n) is 0.571. The van der Waals surface area contributed by atoms with Gasteiger partial charge in [-0.1, -0.05) is 20.8 Å². The molecule has 0 saturated carbocycles. The average Bonchev–Trinajstić information content (AvgIpc) is 1.86. The van der Waals surface area contributed by atoms with E-state index >= 15 is 0 Å². The minimum atomic E-state index is -0.437. The molecule has 1 radical (unpaired) electrons.